The molecule has 0 saturated carbocycles. The van der Waals surface area contributed by atoms with Gasteiger partial charge in [-0.2, -0.15) is 43.9 Å². The third-order valence-electron chi connectivity index (χ3n) is 7.03. The molecule has 56 heavy (non-hydrogen) atoms. The molecule has 0 amide bonds. The number of nitrogen functional groups attached to an aromatic ring is 1. The van der Waals surface area contributed by atoms with Crippen molar-refractivity contribution in [2.75, 3.05) is 36.7 Å². The van der Waals surface area contributed by atoms with Crippen molar-refractivity contribution < 1.29 is 77.6 Å². The Morgan fingerprint density at radius 3 is 1.38 bits per heavy atom. The lowest BCUT2D eigenvalue weighted by atomic mass is 10.1. The molecule has 29 heteroatoms. The number of sulfone groups is 2. The normalized spacial score (nSPS) is 13.6. The molecule has 23 nitrogen and oxygen atoms in total. The molecule has 0 aromatic heterocycles. The number of azo groups is 2. The summed E-state index contributed by atoms with van der Waals surface area (Å²) in [7, 11) is -27.5. The Morgan fingerprint density at radius 2 is 0.982 bits per heavy atom. The van der Waals surface area contributed by atoms with Crippen LogP contribution in [0.1, 0.15) is 0 Å². The predicted octanol–water partition coefficient (Wildman–Crippen LogP) is 2.79. The monoisotopic (exact) mass is 901 g/mol. The minimum atomic E-state index is -5.28. The highest BCUT2D eigenvalue weighted by molar-refractivity contribution is 7.92. The van der Waals surface area contributed by atoms with Gasteiger partial charge in [0.25, 0.3) is 30.4 Å². The number of phenolic OH excluding ortho intramolecular Hbond substituents is 1. The van der Waals surface area contributed by atoms with Crippen LogP contribution in [-0.4, -0.2) is 100 Å². The van der Waals surface area contributed by atoms with E-state index in [1.54, 1.807) is 0 Å². The lowest BCUT2D eigenvalue weighted by molar-refractivity contribution is 0.284. The van der Waals surface area contributed by atoms with Gasteiger partial charge in [-0.25, -0.2) is 21.0 Å². The van der Waals surface area contributed by atoms with E-state index in [2.05, 4.69) is 28.8 Å². The van der Waals surface area contributed by atoms with Crippen LogP contribution in [0.2, 0.25) is 0 Å². The fraction of sp³-hybridized carbons (Fsp3) is 0.185. The van der Waals surface area contributed by atoms with E-state index in [1.807, 2.05) is 0 Å². The van der Waals surface area contributed by atoms with E-state index in [0.717, 1.165) is 54.8 Å². The van der Waals surface area contributed by atoms with Gasteiger partial charge in [-0.3, -0.25) is 17.8 Å². The van der Waals surface area contributed by atoms with Crippen molar-refractivity contribution in [3.8, 4) is 5.75 Å². The smallest absolute Gasteiger partial charge is 0.397 e. The summed E-state index contributed by atoms with van der Waals surface area (Å²) in [5, 5.41) is 25.1. The number of hydrogen-bond donors (Lipinski definition) is 5. The van der Waals surface area contributed by atoms with Crippen LogP contribution < -0.4 is 5.73 Å². The van der Waals surface area contributed by atoms with E-state index < -0.39 is 129 Å². The first-order valence-electron chi connectivity index (χ1n) is 14.6. The van der Waals surface area contributed by atoms with Crippen molar-refractivity contribution in [2.24, 2.45) is 20.5 Å². The largest absolute Gasteiger partial charge is 0.505 e. The lowest BCUT2D eigenvalue weighted by Gasteiger charge is -2.14. The first-order valence-corrected chi connectivity index (χ1v) is 24.0. The molecular formula is C27H27N5O18S6. The van der Waals surface area contributed by atoms with Crippen molar-refractivity contribution in [3.63, 3.8) is 0 Å². The molecular weight excluding hydrogens is 875 g/mol. The zero-order valence-electron chi connectivity index (χ0n) is 27.9. The third kappa shape index (κ3) is 11.3. The fourth-order valence-corrected chi connectivity index (χ4v) is 8.94. The molecule has 6 N–H and O–H groups in total. The summed E-state index contributed by atoms with van der Waals surface area (Å²) >= 11 is 0. The molecule has 4 aromatic rings. The average Bonchev–Trinajstić information content (AvgIpc) is 3.05. The second-order valence-corrected chi connectivity index (χ2v) is 20.8. The minimum absolute atomic E-state index is 0.109. The zero-order valence-corrected chi connectivity index (χ0v) is 32.8. The molecule has 0 aliphatic carbocycles. The Labute approximate surface area is 318 Å². The molecule has 304 valence electrons. The van der Waals surface area contributed by atoms with Gasteiger partial charge < -0.3 is 10.8 Å². The van der Waals surface area contributed by atoms with E-state index in [9.17, 15) is 64.7 Å². The maximum atomic E-state index is 12.5. The lowest BCUT2D eigenvalue weighted by Crippen LogP contribution is -2.15. The van der Waals surface area contributed by atoms with Crippen molar-refractivity contribution in [1.82, 2.24) is 0 Å². The Bertz CT molecular complexity index is 2740. The second-order valence-electron chi connectivity index (χ2n) is 11.1. The first kappa shape index (κ1) is 44.2. The minimum Gasteiger partial charge on any atom is -0.505 e. The molecule has 4 rings (SSSR count). The highest BCUT2D eigenvalue weighted by Crippen LogP contribution is 2.48. The summed E-state index contributed by atoms with van der Waals surface area (Å²) in [4.78, 5) is -2.81. The average molecular weight is 902 g/mol. The van der Waals surface area contributed by atoms with Crippen LogP contribution in [-0.2, 0) is 68.8 Å². The molecule has 0 unspecified atom stereocenters. The number of hydrogen-bond acceptors (Lipinski definition) is 20. The number of nitrogens with zero attached hydrogens (tertiary/aromatic N) is 4. The van der Waals surface area contributed by atoms with Gasteiger partial charge in [-0.15, -0.1) is 10.2 Å². The number of aromatic hydroxyl groups is 1. The molecule has 0 fully saturated rings. The van der Waals surface area contributed by atoms with Gasteiger partial charge in [-0.05, 0) is 66.0 Å². The van der Waals surface area contributed by atoms with Crippen molar-refractivity contribution >= 4 is 99.6 Å². The second kappa shape index (κ2) is 16.1. The molecule has 0 bridgehead atoms. The Kier molecular flexibility index (Phi) is 12.7. The van der Waals surface area contributed by atoms with Gasteiger partial charge >= 0.3 is 10.4 Å². The molecule has 0 heterocycles. The van der Waals surface area contributed by atoms with Crippen molar-refractivity contribution in [2.45, 2.75) is 19.6 Å². The fourth-order valence-electron chi connectivity index (χ4n) is 4.54. The molecule has 0 spiro atoms. The van der Waals surface area contributed by atoms with Gasteiger partial charge in [0.2, 0.25) is 0 Å². The van der Waals surface area contributed by atoms with Crippen LogP contribution >= 0.6 is 0 Å². The topological polar surface area (TPSA) is 380 Å². The van der Waals surface area contributed by atoms with E-state index in [-0.39, 0.29) is 21.2 Å². The third-order valence-corrected chi connectivity index (χ3v) is 13.2. The van der Waals surface area contributed by atoms with E-state index in [0.29, 0.717) is 12.1 Å². The zero-order chi connectivity index (χ0) is 42.1. The first-order chi connectivity index (χ1) is 25.6. The summed E-state index contributed by atoms with van der Waals surface area (Å²) in [6.45, 7) is -1.57. The Morgan fingerprint density at radius 1 is 0.589 bits per heavy atom. The number of rotatable bonds is 16. The van der Waals surface area contributed by atoms with Gasteiger partial charge in [0, 0.05) is 0 Å². The van der Waals surface area contributed by atoms with Gasteiger partial charge in [0.15, 0.2) is 25.4 Å². The number of anilines is 1. The Balaban J connectivity index is 1.76. The van der Waals surface area contributed by atoms with E-state index in [4.69, 9.17) is 10.3 Å². The molecule has 4 aromatic carbocycles. The van der Waals surface area contributed by atoms with Crippen LogP contribution in [0.3, 0.4) is 0 Å². The van der Waals surface area contributed by atoms with Crippen LogP contribution in [0.15, 0.2) is 101 Å². The highest BCUT2D eigenvalue weighted by Gasteiger charge is 2.28. The van der Waals surface area contributed by atoms with Crippen LogP contribution in [0.5, 0.6) is 5.75 Å². The summed E-state index contributed by atoms with van der Waals surface area (Å²) in [5.41, 5.74) is 3.42. The molecule has 0 aliphatic rings. The van der Waals surface area contributed by atoms with Gasteiger partial charge in [0.1, 0.15) is 21.2 Å². The van der Waals surface area contributed by atoms with Gasteiger partial charge in [-0.1, -0.05) is 0 Å². The van der Waals surface area contributed by atoms with Crippen molar-refractivity contribution in [1.29, 1.82) is 0 Å². The quantitative estimate of drug-likeness (QED) is 0.0467. The van der Waals surface area contributed by atoms with Gasteiger partial charge in [0.05, 0.1) is 63.2 Å². The standard InChI is InChI=1S/C27H27N5O18S6/c1-51(34,35)49-10-12-52(36,37)19-6-2-17(3-7-19)29-31-25-21(54(40,41)42)14-16-15-22(55(43,44)45)26(27(33)23(16)24(25)28)32-30-18-4-8-20(9-5-18)53(38,39)13-11-50-56(46,47)48/h2-9,14-15,33H,10-13,28H2,1H3,(H,40,41,42)(H,43,44,45)(H,46,47,48). The number of nitrogens with two attached hydrogens (primary N) is 1. The Hall–Kier alpha value is -4.56. The van der Waals surface area contributed by atoms with E-state index >= 15 is 0 Å². The van der Waals surface area contributed by atoms with Crippen molar-refractivity contribution in [3.05, 3.63) is 60.7 Å². The number of benzene rings is 4. The molecule has 0 saturated heterocycles. The van der Waals surface area contributed by atoms with Crippen LogP contribution in [0, 0.1) is 0 Å². The molecule has 0 atom stereocenters. The predicted molar refractivity (Wildman–Crippen MR) is 193 cm³/mol. The summed E-state index contributed by atoms with van der Waals surface area (Å²) in [6.07, 6.45) is 0.738. The number of fused-ring (bicyclic) bond motifs is 1. The molecule has 0 radical (unpaired) electrons. The molecule has 0 aliphatic heterocycles. The summed E-state index contributed by atoms with van der Waals surface area (Å²) < 4.78 is 180. The van der Waals surface area contributed by atoms with E-state index in [1.165, 1.54) is 0 Å². The maximum Gasteiger partial charge on any atom is 0.397 e. The summed E-state index contributed by atoms with van der Waals surface area (Å²) in [5.74, 6) is -2.67. The summed E-state index contributed by atoms with van der Waals surface area (Å²) in [6, 6.07) is 9.75. The van der Waals surface area contributed by atoms with Crippen LogP contribution in [0.25, 0.3) is 10.8 Å². The maximum absolute atomic E-state index is 12.5. The SMILES string of the molecule is CS(=O)(=O)OCCS(=O)(=O)c1ccc(N=Nc2c(S(=O)(=O)O)cc3cc(S(=O)(=O)O)c(N=Nc4ccc(S(=O)(=O)CCOS(=O)(=O)O)cc4)c(O)c3c2N)cc1. The highest BCUT2D eigenvalue weighted by atomic mass is 32.3. The number of phenols is 1. The van der Waals surface area contributed by atoms with Crippen LogP contribution in [0.4, 0.5) is 28.4 Å².